The third-order valence-corrected chi connectivity index (χ3v) is 5.22. The predicted molar refractivity (Wildman–Crippen MR) is 121 cm³/mol. The maximum atomic E-state index is 15.2. The van der Waals surface area contributed by atoms with Gasteiger partial charge in [-0.1, -0.05) is 42.6 Å². The van der Waals surface area contributed by atoms with Gasteiger partial charge in [0.1, 0.15) is 11.4 Å². The van der Waals surface area contributed by atoms with Crippen LogP contribution in [0.15, 0.2) is 40.8 Å². The summed E-state index contributed by atoms with van der Waals surface area (Å²) in [5.41, 5.74) is 8.09. The molecule has 0 unspecified atom stereocenters. The van der Waals surface area contributed by atoms with Crippen molar-refractivity contribution in [3.8, 4) is 23.1 Å². The maximum absolute atomic E-state index is 15.2. The van der Waals surface area contributed by atoms with E-state index >= 15 is 4.39 Å². The molecule has 0 saturated heterocycles. The summed E-state index contributed by atoms with van der Waals surface area (Å²) in [5, 5.41) is 13.0. The molecule has 10 heteroatoms. The highest BCUT2D eigenvalue weighted by Gasteiger charge is 2.19. The SMILES string of the molecule is CCCc1cc(-c2nnc(Cc3ccc(Cl)c(Oc4cc(N)cc(Cl)c4)c3F)o2)n(C)n1. The average Bonchev–Trinajstić information content (AvgIpc) is 3.33. The summed E-state index contributed by atoms with van der Waals surface area (Å²) in [6.07, 6.45) is 1.89. The van der Waals surface area contributed by atoms with Crippen LogP contribution in [0.1, 0.15) is 30.5 Å². The Labute approximate surface area is 193 Å². The number of anilines is 1. The number of benzene rings is 2. The van der Waals surface area contributed by atoms with Crippen molar-refractivity contribution in [2.75, 3.05) is 5.73 Å². The first-order valence-corrected chi connectivity index (χ1v) is 10.7. The molecule has 2 heterocycles. The van der Waals surface area contributed by atoms with Crippen molar-refractivity contribution in [2.24, 2.45) is 7.05 Å². The summed E-state index contributed by atoms with van der Waals surface area (Å²) in [4.78, 5) is 0. The van der Waals surface area contributed by atoms with Crippen LogP contribution < -0.4 is 10.5 Å². The molecule has 0 aliphatic rings. The number of nitrogens with two attached hydrogens (primary N) is 1. The Hall–Kier alpha value is -3.10. The number of hydrogen-bond donors (Lipinski definition) is 1. The van der Waals surface area contributed by atoms with E-state index in [1.165, 1.54) is 12.1 Å². The van der Waals surface area contributed by atoms with Gasteiger partial charge in [0.15, 0.2) is 11.6 Å². The molecular weight excluding hydrogens is 456 g/mol. The van der Waals surface area contributed by atoms with Gasteiger partial charge in [0.05, 0.1) is 17.1 Å². The van der Waals surface area contributed by atoms with E-state index < -0.39 is 5.82 Å². The Morgan fingerprint density at radius 3 is 2.72 bits per heavy atom. The Morgan fingerprint density at radius 1 is 1.16 bits per heavy atom. The van der Waals surface area contributed by atoms with Crippen molar-refractivity contribution in [3.63, 3.8) is 0 Å². The van der Waals surface area contributed by atoms with Crippen LogP contribution in [0, 0.1) is 5.82 Å². The normalized spacial score (nSPS) is 11.2. The van der Waals surface area contributed by atoms with Gasteiger partial charge in [-0.15, -0.1) is 10.2 Å². The van der Waals surface area contributed by atoms with Crippen molar-refractivity contribution in [1.82, 2.24) is 20.0 Å². The molecule has 0 aliphatic carbocycles. The molecule has 2 aromatic carbocycles. The second-order valence-corrected chi connectivity index (χ2v) is 8.09. The van der Waals surface area contributed by atoms with Crippen molar-refractivity contribution >= 4 is 28.9 Å². The van der Waals surface area contributed by atoms with Crippen LogP contribution in [0.4, 0.5) is 10.1 Å². The Kier molecular flexibility index (Phi) is 6.34. The van der Waals surface area contributed by atoms with E-state index in [-0.39, 0.29) is 34.4 Å². The predicted octanol–water partition coefficient (Wildman–Crippen LogP) is 5.83. The summed E-state index contributed by atoms with van der Waals surface area (Å²) in [6.45, 7) is 2.08. The first-order chi connectivity index (χ1) is 15.3. The standard InChI is InChI=1S/C22H20Cl2FN5O2/c1-3-4-15-11-18(30(2)29-15)22-28-27-19(32-22)7-12-5-6-17(24)21(20(12)25)31-16-9-13(23)8-14(26)10-16/h5-6,8-11H,3-4,7,26H2,1-2H3. The molecule has 4 aromatic rings. The van der Waals surface area contributed by atoms with Gasteiger partial charge in [0, 0.05) is 29.4 Å². The lowest BCUT2D eigenvalue weighted by Crippen LogP contribution is -1.98. The molecule has 166 valence electrons. The van der Waals surface area contributed by atoms with Crippen molar-refractivity contribution in [1.29, 1.82) is 0 Å². The number of hydrogen-bond acceptors (Lipinski definition) is 6. The molecule has 0 radical (unpaired) electrons. The van der Waals surface area contributed by atoms with Crippen LogP contribution in [-0.2, 0) is 19.9 Å². The van der Waals surface area contributed by atoms with E-state index in [0.29, 0.717) is 22.3 Å². The molecule has 2 N–H and O–H groups in total. The largest absolute Gasteiger partial charge is 0.453 e. The van der Waals surface area contributed by atoms with Crippen LogP contribution in [-0.4, -0.2) is 20.0 Å². The van der Waals surface area contributed by atoms with Crippen LogP contribution in [0.25, 0.3) is 11.6 Å². The second-order valence-electron chi connectivity index (χ2n) is 7.24. The average molecular weight is 476 g/mol. The lowest BCUT2D eigenvalue weighted by molar-refractivity contribution is 0.437. The minimum atomic E-state index is -0.637. The molecule has 7 nitrogen and oxygen atoms in total. The molecule has 0 amide bonds. The van der Waals surface area contributed by atoms with Crippen LogP contribution in [0.5, 0.6) is 11.5 Å². The Bertz CT molecular complexity index is 1250. The quantitative estimate of drug-likeness (QED) is 0.337. The van der Waals surface area contributed by atoms with E-state index in [0.717, 1.165) is 18.5 Å². The molecular formula is C22H20Cl2FN5O2. The van der Waals surface area contributed by atoms with E-state index in [4.69, 9.17) is 38.1 Å². The van der Waals surface area contributed by atoms with Crippen molar-refractivity contribution in [3.05, 3.63) is 69.4 Å². The highest BCUT2D eigenvalue weighted by atomic mass is 35.5. The number of aromatic nitrogens is 4. The van der Waals surface area contributed by atoms with E-state index in [1.807, 2.05) is 13.1 Å². The molecule has 0 atom stereocenters. The lowest BCUT2D eigenvalue weighted by atomic mass is 10.1. The molecule has 0 saturated carbocycles. The van der Waals surface area contributed by atoms with E-state index in [9.17, 15) is 0 Å². The Balaban J connectivity index is 1.58. The highest BCUT2D eigenvalue weighted by molar-refractivity contribution is 6.32. The zero-order valence-electron chi connectivity index (χ0n) is 17.4. The number of rotatable bonds is 7. The summed E-state index contributed by atoms with van der Waals surface area (Å²) in [7, 11) is 1.81. The summed E-state index contributed by atoms with van der Waals surface area (Å²) < 4.78 is 28.3. The summed E-state index contributed by atoms with van der Waals surface area (Å²) in [6, 6.07) is 9.60. The third kappa shape index (κ3) is 4.71. The molecule has 2 aromatic heterocycles. The zero-order valence-corrected chi connectivity index (χ0v) is 18.9. The van der Waals surface area contributed by atoms with E-state index in [2.05, 4.69) is 22.2 Å². The first-order valence-electron chi connectivity index (χ1n) is 9.90. The zero-order chi connectivity index (χ0) is 22.8. The maximum Gasteiger partial charge on any atom is 0.265 e. The molecule has 0 bridgehead atoms. The van der Waals surface area contributed by atoms with E-state index in [1.54, 1.807) is 22.9 Å². The fraction of sp³-hybridized carbons (Fsp3) is 0.227. The topological polar surface area (TPSA) is 92.0 Å². The van der Waals surface area contributed by atoms with Crippen LogP contribution in [0.3, 0.4) is 0 Å². The molecule has 0 fully saturated rings. The highest BCUT2D eigenvalue weighted by Crippen LogP contribution is 2.36. The summed E-state index contributed by atoms with van der Waals surface area (Å²) >= 11 is 12.2. The smallest absolute Gasteiger partial charge is 0.265 e. The Morgan fingerprint density at radius 2 is 1.97 bits per heavy atom. The van der Waals surface area contributed by atoms with Gasteiger partial charge < -0.3 is 14.9 Å². The molecule has 0 spiro atoms. The van der Waals surface area contributed by atoms with Gasteiger partial charge in [-0.2, -0.15) is 5.10 Å². The number of halogens is 3. The molecule has 32 heavy (non-hydrogen) atoms. The van der Waals surface area contributed by atoms with Crippen molar-refractivity contribution in [2.45, 2.75) is 26.2 Å². The number of aryl methyl sites for hydroxylation is 2. The van der Waals surface area contributed by atoms with Gasteiger partial charge in [-0.25, -0.2) is 4.39 Å². The van der Waals surface area contributed by atoms with Gasteiger partial charge in [-0.3, -0.25) is 4.68 Å². The molecule has 4 rings (SSSR count). The van der Waals surface area contributed by atoms with Gasteiger partial charge >= 0.3 is 0 Å². The number of nitrogen functional groups attached to an aromatic ring is 1. The second kappa shape index (κ2) is 9.18. The fourth-order valence-electron chi connectivity index (χ4n) is 3.26. The van der Waals surface area contributed by atoms with Gasteiger partial charge in [0.25, 0.3) is 5.89 Å². The lowest BCUT2D eigenvalue weighted by Gasteiger charge is -2.12. The summed E-state index contributed by atoms with van der Waals surface area (Å²) in [5.74, 6) is 0.0603. The monoisotopic (exact) mass is 475 g/mol. The van der Waals surface area contributed by atoms with Gasteiger partial charge in [-0.05, 0) is 30.7 Å². The first kappa shape index (κ1) is 22.1. The van der Waals surface area contributed by atoms with Crippen LogP contribution in [0.2, 0.25) is 10.0 Å². The minimum absolute atomic E-state index is 0.0592. The number of nitrogens with zero attached hydrogens (tertiary/aromatic N) is 4. The third-order valence-electron chi connectivity index (χ3n) is 4.71. The van der Waals surface area contributed by atoms with Crippen molar-refractivity contribution < 1.29 is 13.5 Å². The fourth-order valence-corrected chi connectivity index (χ4v) is 3.68. The van der Waals surface area contributed by atoms with Gasteiger partial charge in [0.2, 0.25) is 5.89 Å². The minimum Gasteiger partial charge on any atom is -0.453 e. The van der Waals surface area contributed by atoms with Crippen LogP contribution >= 0.6 is 23.2 Å². The number of ether oxygens (including phenoxy) is 1. The molecule has 0 aliphatic heterocycles.